The molecule has 0 amide bonds. The molecule has 0 saturated heterocycles. The van der Waals surface area contributed by atoms with Crippen molar-refractivity contribution in [3.63, 3.8) is 0 Å². The topological polar surface area (TPSA) is 55.6 Å². The van der Waals surface area contributed by atoms with Crippen molar-refractivity contribution in [1.82, 2.24) is 19.5 Å². The van der Waals surface area contributed by atoms with Crippen LogP contribution in [0.15, 0.2) is 55.1 Å². The van der Waals surface area contributed by atoms with Gasteiger partial charge in [0.05, 0.1) is 6.33 Å². The summed E-state index contributed by atoms with van der Waals surface area (Å²) in [6.07, 6.45) is 8.59. The van der Waals surface area contributed by atoms with E-state index < -0.39 is 0 Å². The molecule has 2 heterocycles. The summed E-state index contributed by atoms with van der Waals surface area (Å²) in [5, 5.41) is 6.00. The van der Waals surface area contributed by atoms with Crippen LogP contribution in [0.5, 0.6) is 0 Å². The van der Waals surface area contributed by atoms with Crippen molar-refractivity contribution in [3.8, 4) is 0 Å². The normalized spacial score (nSPS) is 15.1. The zero-order valence-corrected chi connectivity index (χ0v) is 14.6. The number of benzene rings is 2. The first-order chi connectivity index (χ1) is 12.9. The lowest BCUT2D eigenvalue weighted by Gasteiger charge is -2.12. The van der Waals surface area contributed by atoms with Gasteiger partial charge in [-0.3, -0.25) is 0 Å². The van der Waals surface area contributed by atoms with E-state index in [4.69, 9.17) is 0 Å². The summed E-state index contributed by atoms with van der Waals surface area (Å²) >= 11 is 0. The summed E-state index contributed by atoms with van der Waals surface area (Å²) in [6.45, 7) is 0.712. The van der Waals surface area contributed by atoms with Crippen molar-refractivity contribution < 1.29 is 0 Å². The highest BCUT2D eigenvalue weighted by molar-refractivity contribution is 5.86. The summed E-state index contributed by atoms with van der Waals surface area (Å²) in [5.74, 6) is 0.805. The number of aromatic nitrogens is 4. The minimum absolute atomic E-state index is 0.529. The summed E-state index contributed by atoms with van der Waals surface area (Å²) < 4.78 is 2.23. The molecule has 5 nitrogen and oxygen atoms in total. The molecule has 1 aliphatic rings. The monoisotopic (exact) mass is 343 g/mol. The number of fused-ring (bicyclic) bond motifs is 2. The minimum atomic E-state index is 0.529. The van der Waals surface area contributed by atoms with Crippen LogP contribution in [-0.4, -0.2) is 19.5 Å². The van der Waals surface area contributed by atoms with Crippen LogP contribution in [0.25, 0.3) is 21.9 Å². The van der Waals surface area contributed by atoms with Crippen molar-refractivity contribution >= 4 is 27.8 Å². The number of nitrogens with zero attached hydrogens (tertiary/aromatic N) is 4. The first-order valence-electron chi connectivity index (χ1n) is 9.28. The maximum Gasteiger partial charge on any atom is 0.165 e. The molecule has 0 bridgehead atoms. The fraction of sp³-hybridized carbons (Fsp3) is 0.286. The van der Waals surface area contributed by atoms with Gasteiger partial charge in [0.2, 0.25) is 0 Å². The van der Waals surface area contributed by atoms with Crippen LogP contribution >= 0.6 is 0 Å². The Morgan fingerprint density at radius 1 is 0.962 bits per heavy atom. The van der Waals surface area contributed by atoms with E-state index in [1.807, 2.05) is 6.33 Å². The van der Waals surface area contributed by atoms with Crippen LogP contribution in [0, 0.1) is 0 Å². The molecular weight excluding hydrogens is 322 g/mol. The van der Waals surface area contributed by atoms with Crippen LogP contribution in [-0.2, 0) is 6.54 Å². The number of hydrogen-bond donors (Lipinski definition) is 1. The van der Waals surface area contributed by atoms with Gasteiger partial charge in [-0.15, -0.1) is 0 Å². The molecule has 1 N–H and O–H groups in total. The maximum atomic E-state index is 4.61. The molecule has 1 aliphatic carbocycles. The van der Waals surface area contributed by atoms with E-state index in [9.17, 15) is 0 Å². The Morgan fingerprint density at radius 3 is 2.73 bits per heavy atom. The highest BCUT2D eigenvalue weighted by Crippen LogP contribution is 2.32. The number of imidazole rings is 1. The van der Waals surface area contributed by atoms with Crippen molar-refractivity contribution in [2.45, 2.75) is 38.3 Å². The molecule has 0 spiro atoms. The summed E-state index contributed by atoms with van der Waals surface area (Å²) in [4.78, 5) is 13.6. The Kier molecular flexibility index (Phi) is 3.77. The Hall–Kier alpha value is -2.95. The molecule has 2 aromatic heterocycles. The first kappa shape index (κ1) is 15.3. The first-order valence-corrected chi connectivity index (χ1v) is 9.28. The Morgan fingerprint density at radius 2 is 1.81 bits per heavy atom. The molecule has 0 atom stereocenters. The van der Waals surface area contributed by atoms with Gasteiger partial charge in [0.1, 0.15) is 11.8 Å². The molecule has 2 aromatic carbocycles. The Balaban J connectivity index is 1.46. The van der Waals surface area contributed by atoms with Crippen molar-refractivity contribution in [2.24, 2.45) is 0 Å². The van der Waals surface area contributed by atoms with Gasteiger partial charge in [0, 0.05) is 12.6 Å². The molecule has 130 valence electrons. The van der Waals surface area contributed by atoms with Crippen LogP contribution in [0.2, 0.25) is 0 Å². The van der Waals surface area contributed by atoms with Crippen molar-refractivity contribution in [1.29, 1.82) is 0 Å². The van der Waals surface area contributed by atoms with E-state index >= 15 is 0 Å². The molecular formula is C21H21N5. The second-order valence-corrected chi connectivity index (χ2v) is 6.98. The van der Waals surface area contributed by atoms with Gasteiger partial charge in [-0.25, -0.2) is 15.0 Å². The van der Waals surface area contributed by atoms with E-state index in [0.29, 0.717) is 12.6 Å². The average molecular weight is 343 g/mol. The second kappa shape index (κ2) is 6.41. The molecule has 4 aromatic rings. The largest absolute Gasteiger partial charge is 0.364 e. The molecule has 0 radical (unpaired) electrons. The van der Waals surface area contributed by atoms with Crippen LogP contribution in [0.1, 0.15) is 37.3 Å². The smallest absolute Gasteiger partial charge is 0.165 e. The van der Waals surface area contributed by atoms with Gasteiger partial charge in [0.15, 0.2) is 11.5 Å². The molecule has 1 saturated carbocycles. The number of nitrogens with one attached hydrogen (secondary N) is 1. The van der Waals surface area contributed by atoms with Gasteiger partial charge >= 0.3 is 0 Å². The predicted octanol–water partition coefficient (Wildman–Crippen LogP) is 4.71. The lowest BCUT2D eigenvalue weighted by atomic mass is 10.0. The lowest BCUT2D eigenvalue weighted by molar-refractivity contribution is 0.529. The van der Waals surface area contributed by atoms with Crippen molar-refractivity contribution in [2.75, 3.05) is 5.32 Å². The summed E-state index contributed by atoms with van der Waals surface area (Å²) in [6, 6.07) is 15.4. The third-order valence-electron chi connectivity index (χ3n) is 5.40. The Bertz CT molecular complexity index is 1060. The second-order valence-electron chi connectivity index (χ2n) is 6.98. The third-order valence-corrected chi connectivity index (χ3v) is 5.40. The number of anilines is 1. The predicted molar refractivity (Wildman–Crippen MR) is 104 cm³/mol. The zero-order valence-electron chi connectivity index (χ0n) is 14.6. The summed E-state index contributed by atoms with van der Waals surface area (Å²) in [5.41, 5.74) is 3.05. The van der Waals surface area contributed by atoms with Gasteiger partial charge in [-0.1, -0.05) is 55.3 Å². The van der Waals surface area contributed by atoms with Gasteiger partial charge < -0.3 is 9.88 Å². The number of hydrogen-bond acceptors (Lipinski definition) is 4. The molecule has 26 heavy (non-hydrogen) atoms. The standard InChI is InChI=1S/C21H21N5/c1-4-11-18-15(6-1)7-5-8-16(18)12-22-20-19-21(24-13-23-20)26(14-25-19)17-9-2-3-10-17/h1,4-8,11,13-14,17H,2-3,9-10,12H2,(H,22,23,24). The summed E-state index contributed by atoms with van der Waals surface area (Å²) in [7, 11) is 0. The van der Waals surface area contributed by atoms with Crippen molar-refractivity contribution in [3.05, 3.63) is 60.7 Å². The lowest BCUT2D eigenvalue weighted by Crippen LogP contribution is -2.06. The van der Waals surface area contributed by atoms with Crippen LogP contribution < -0.4 is 5.32 Å². The quantitative estimate of drug-likeness (QED) is 0.583. The Labute approximate surface area is 152 Å². The molecule has 0 aliphatic heterocycles. The fourth-order valence-electron chi connectivity index (χ4n) is 4.06. The minimum Gasteiger partial charge on any atom is -0.364 e. The SMILES string of the molecule is c1ccc2c(CNc3ncnc4c3ncn4C3CCCC3)cccc2c1. The van der Waals surface area contributed by atoms with Gasteiger partial charge in [0.25, 0.3) is 0 Å². The maximum absolute atomic E-state index is 4.61. The highest BCUT2D eigenvalue weighted by Gasteiger charge is 2.20. The van der Waals surface area contributed by atoms with Crippen LogP contribution in [0.4, 0.5) is 5.82 Å². The van der Waals surface area contributed by atoms with E-state index in [2.05, 4.69) is 67.3 Å². The van der Waals surface area contributed by atoms with E-state index in [-0.39, 0.29) is 0 Å². The van der Waals surface area contributed by atoms with Gasteiger partial charge in [-0.2, -0.15) is 0 Å². The molecule has 0 unspecified atom stereocenters. The number of rotatable bonds is 4. The molecule has 5 rings (SSSR count). The van der Waals surface area contributed by atoms with Gasteiger partial charge in [-0.05, 0) is 29.2 Å². The van der Waals surface area contributed by atoms with Crippen LogP contribution in [0.3, 0.4) is 0 Å². The van der Waals surface area contributed by atoms with E-state index in [1.165, 1.54) is 42.0 Å². The van der Waals surface area contributed by atoms with E-state index in [0.717, 1.165) is 17.0 Å². The molecule has 5 heteroatoms. The average Bonchev–Trinajstić information content (AvgIpc) is 3.35. The highest BCUT2D eigenvalue weighted by atomic mass is 15.2. The van der Waals surface area contributed by atoms with E-state index in [1.54, 1.807) is 6.33 Å². The third kappa shape index (κ3) is 2.60. The molecule has 1 fully saturated rings. The fourth-order valence-corrected chi connectivity index (χ4v) is 4.06. The zero-order chi connectivity index (χ0) is 17.3.